The van der Waals surface area contributed by atoms with Crippen LogP contribution in [0.25, 0.3) is 0 Å². The second kappa shape index (κ2) is 8.37. The Bertz CT molecular complexity index is 1070. The number of amides is 3. The number of nitrogens with zero attached hydrogens (tertiary/aromatic N) is 1. The number of Topliss-reactive ketones (excluding diaryl/α,β-unsaturated/α-hetero) is 1. The third-order valence-corrected chi connectivity index (χ3v) is 5.71. The number of nitrogens with one attached hydrogen (secondary N) is 2. The van der Waals surface area contributed by atoms with Crippen LogP contribution in [0.3, 0.4) is 0 Å². The van der Waals surface area contributed by atoms with Crippen molar-refractivity contribution < 1.29 is 22.8 Å². The number of ketones is 1. The number of hydrogen-bond acceptors (Lipinski definition) is 5. The Morgan fingerprint density at radius 2 is 1.70 bits per heavy atom. The minimum absolute atomic E-state index is 0.257. The Morgan fingerprint density at radius 1 is 1.07 bits per heavy atom. The molecule has 1 aliphatic heterocycles. The smallest absolute Gasteiger partial charge is 0.319 e. The van der Waals surface area contributed by atoms with Crippen molar-refractivity contribution in [3.05, 3.63) is 71.3 Å². The number of imide groups is 1. The molecule has 0 bridgehead atoms. The van der Waals surface area contributed by atoms with Crippen molar-refractivity contribution in [3.63, 3.8) is 0 Å². The Morgan fingerprint density at radius 3 is 2.30 bits per heavy atom. The highest BCUT2D eigenvalue weighted by Gasteiger charge is 2.49. The van der Waals surface area contributed by atoms with E-state index in [2.05, 4.69) is 10.0 Å². The lowest BCUT2D eigenvalue weighted by Gasteiger charge is -2.22. The van der Waals surface area contributed by atoms with E-state index in [4.69, 9.17) is 0 Å². The molecule has 3 amide bonds. The molecule has 3 rings (SSSR count). The Balaban J connectivity index is 1.66. The molecule has 0 radical (unpaired) electrons. The van der Waals surface area contributed by atoms with Crippen LogP contribution in [0, 0.1) is 0 Å². The maximum atomic E-state index is 12.9. The zero-order chi connectivity index (χ0) is 21.9. The summed E-state index contributed by atoms with van der Waals surface area (Å²) in [7, 11) is -3.25. The number of carbonyl (C=O) groups is 3. The molecule has 0 aromatic heterocycles. The highest BCUT2D eigenvalue weighted by atomic mass is 32.2. The van der Waals surface area contributed by atoms with E-state index >= 15 is 0 Å². The quantitative estimate of drug-likeness (QED) is 0.487. The number of rotatable bonds is 8. The fourth-order valence-electron chi connectivity index (χ4n) is 3.28. The molecule has 158 valence electrons. The molecular formula is C21H23N3O5S. The molecule has 8 nitrogen and oxygen atoms in total. The van der Waals surface area contributed by atoms with Gasteiger partial charge in [-0.3, -0.25) is 14.5 Å². The van der Waals surface area contributed by atoms with Crippen molar-refractivity contribution in [2.45, 2.75) is 18.9 Å². The molecule has 0 aliphatic carbocycles. The first-order valence-electron chi connectivity index (χ1n) is 9.36. The van der Waals surface area contributed by atoms with E-state index in [0.717, 1.165) is 16.7 Å². The highest BCUT2D eigenvalue weighted by Crippen LogP contribution is 2.28. The molecule has 1 aliphatic rings. The van der Waals surface area contributed by atoms with Crippen molar-refractivity contribution in [1.82, 2.24) is 14.9 Å². The molecule has 2 aromatic carbocycles. The standard InChI is InChI=1S/C21H23N3O5S/c1-21(17-6-4-3-5-7-17)19(26)24(20(27)23-21)14-18(25)16-10-8-15(9-11-16)12-13-22-30(2,28)29/h3-11,22H,12-14H2,1-2H3,(H,23,27). The van der Waals surface area contributed by atoms with Crippen LogP contribution in [-0.2, 0) is 26.8 Å². The van der Waals surface area contributed by atoms with E-state index in [-0.39, 0.29) is 18.9 Å². The maximum Gasteiger partial charge on any atom is 0.325 e. The van der Waals surface area contributed by atoms with Crippen LogP contribution >= 0.6 is 0 Å². The van der Waals surface area contributed by atoms with Gasteiger partial charge in [-0.25, -0.2) is 17.9 Å². The first-order chi connectivity index (χ1) is 14.1. The highest BCUT2D eigenvalue weighted by molar-refractivity contribution is 7.88. The van der Waals surface area contributed by atoms with Gasteiger partial charge in [0.25, 0.3) is 5.91 Å². The molecule has 9 heteroatoms. The van der Waals surface area contributed by atoms with Crippen LogP contribution in [-0.4, -0.2) is 50.4 Å². The van der Waals surface area contributed by atoms with Gasteiger partial charge < -0.3 is 5.32 Å². The van der Waals surface area contributed by atoms with Gasteiger partial charge in [0.2, 0.25) is 10.0 Å². The van der Waals surface area contributed by atoms with Gasteiger partial charge >= 0.3 is 6.03 Å². The first-order valence-corrected chi connectivity index (χ1v) is 11.3. The predicted octanol–water partition coefficient (Wildman–Crippen LogP) is 1.43. The van der Waals surface area contributed by atoms with E-state index in [1.54, 1.807) is 55.5 Å². The average Bonchev–Trinajstić information content (AvgIpc) is 2.92. The van der Waals surface area contributed by atoms with Crippen LogP contribution in [0.5, 0.6) is 0 Å². The summed E-state index contributed by atoms with van der Waals surface area (Å²) in [6.45, 7) is 1.51. The van der Waals surface area contributed by atoms with Crippen LogP contribution in [0.4, 0.5) is 4.79 Å². The third-order valence-electron chi connectivity index (χ3n) is 4.98. The SMILES string of the molecule is CC1(c2ccccc2)NC(=O)N(CC(=O)c2ccc(CCNS(C)(=O)=O)cc2)C1=O. The zero-order valence-corrected chi connectivity index (χ0v) is 17.5. The third kappa shape index (κ3) is 4.74. The minimum Gasteiger partial charge on any atom is -0.319 e. The molecule has 2 N–H and O–H groups in total. The van der Waals surface area contributed by atoms with Crippen LogP contribution < -0.4 is 10.0 Å². The van der Waals surface area contributed by atoms with E-state index in [1.165, 1.54) is 0 Å². The molecule has 1 atom stereocenters. The Hall–Kier alpha value is -3.04. The van der Waals surface area contributed by atoms with Gasteiger partial charge in [-0.05, 0) is 24.5 Å². The summed E-state index contributed by atoms with van der Waals surface area (Å²) in [6, 6.07) is 14.9. The van der Waals surface area contributed by atoms with Crippen LogP contribution in [0.2, 0.25) is 0 Å². The lowest BCUT2D eigenvalue weighted by Crippen LogP contribution is -2.41. The molecular weight excluding hydrogens is 406 g/mol. The van der Waals surface area contributed by atoms with Crippen molar-refractivity contribution in [2.24, 2.45) is 0 Å². The topological polar surface area (TPSA) is 113 Å². The summed E-state index contributed by atoms with van der Waals surface area (Å²) in [5, 5.41) is 2.68. The summed E-state index contributed by atoms with van der Waals surface area (Å²) in [6.07, 6.45) is 1.57. The average molecular weight is 429 g/mol. The van der Waals surface area contributed by atoms with Gasteiger partial charge in [0.05, 0.1) is 12.8 Å². The first kappa shape index (κ1) is 21.7. The van der Waals surface area contributed by atoms with Crippen LogP contribution in [0.15, 0.2) is 54.6 Å². The number of urea groups is 1. The van der Waals surface area contributed by atoms with E-state index in [0.29, 0.717) is 17.5 Å². The summed E-state index contributed by atoms with van der Waals surface area (Å²) in [5.41, 5.74) is 0.651. The van der Waals surface area contributed by atoms with E-state index in [1.807, 2.05) is 6.07 Å². The molecule has 1 saturated heterocycles. The van der Waals surface area contributed by atoms with Crippen molar-refractivity contribution in [3.8, 4) is 0 Å². The fraction of sp³-hybridized carbons (Fsp3) is 0.286. The van der Waals surface area contributed by atoms with Gasteiger partial charge in [-0.15, -0.1) is 0 Å². The Kier molecular flexibility index (Phi) is 6.04. The lowest BCUT2D eigenvalue weighted by molar-refractivity contribution is -0.130. The summed E-state index contributed by atoms with van der Waals surface area (Å²) in [4.78, 5) is 38.8. The second-order valence-corrected chi connectivity index (χ2v) is 9.18. The molecule has 1 unspecified atom stereocenters. The molecule has 1 heterocycles. The van der Waals surface area contributed by atoms with Crippen molar-refractivity contribution in [2.75, 3.05) is 19.3 Å². The number of carbonyl (C=O) groups excluding carboxylic acids is 3. The summed E-state index contributed by atoms with van der Waals surface area (Å²) in [5.74, 6) is -0.841. The number of sulfonamides is 1. The maximum absolute atomic E-state index is 12.9. The normalized spacial score (nSPS) is 19.1. The van der Waals surface area contributed by atoms with Gasteiger partial charge in [-0.2, -0.15) is 0 Å². The van der Waals surface area contributed by atoms with Gasteiger partial charge in [0.1, 0.15) is 5.54 Å². The summed E-state index contributed by atoms with van der Waals surface area (Å²) < 4.78 is 24.6. The molecule has 30 heavy (non-hydrogen) atoms. The summed E-state index contributed by atoms with van der Waals surface area (Å²) >= 11 is 0. The van der Waals surface area contributed by atoms with Crippen molar-refractivity contribution >= 4 is 27.7 Å². The molecule has 1 fully saturated rings. The van der Waals surface area contributed by atoms with Crippen molar-refractivity contribution in [1.29, 1.82) is 0 Å². The van der Waals surface area contributed by atoms with E-state index < -0.39 is 27.5 Å². The molecule has 0 saturated carbocycles. The largest absolute Gasteiger partial charge is 0.325 e. The molecule has 0 spiro atoms. The minimum atomic E-state index is -3.25. The molecule has 2 aromatic rings. The Labute approximate surface area is 175 Å². The van der Waals surface area contributed by atoms with Gasteiger partial charge in [-0.1, -0.05) is 54.6 Å². The van der Waals surface area contributed by atoms with E-state index in [9.17, 15) is 22.8 Å². The number of benzene rings is 2. The van der Waals surface area contributed by atoms with Crippen LogP contribution in [0.1, 0.15) is 28.4 Å². The number of hydrogen-bond donors (Lipinski definition) is 2. The predicted molar refractivity (Wildman–Crippen MR) is 111 cm³/mol. The van der Waals surface area contributed by atoms with Gasteiger partial charge in [0, 0.05) is 12.1 Å². The monoisotopic (exact) mass is 429 g/mol. The van der Waals surface area contributed by atoms with Gasteiger partial charge in [0.15, 0.2) is 5.78 Å². The lowest BCUT2D eigenvalue weighted by atomic mass is 9.92. The second-order valence-electron chi connectivity index (χ2n) is 7.35. The zero-order valence-electron chi connectivity index (χ0n) is 16.7. The fourth-order valence-corrected chi connectivity index (χ4v) is 3.75.